The SMILES string of the molecule is COC1OC1c1c(Cl)cccc1-c1ccc([C@@H](C)NC(=O)C2(NC(=O)CC(F)(F)F)COC2)c(F)c1. The van der Waals surface area contributed by atoms with Crippen LogP contribution in [0.1, 0.15) is 36.6 Å². The van der Waals surface area contributed by atoms with E-state index >= 15 is 4.39 Å². The molecule has 0 saturated carbocycles. The number of halogens is 5. The highest BCUT2D eigenvalue weighted by Gasteiger charge is 2.49. The molecule has 0 aliphatic carbocycles. The lowest BCUT2D eigenvalue weighted by molar-refractivity contribution is -0.166. The van der Waals surface area contributed by atoms with Gasteiger partial charge in [-0.05, 0) is 30.2 Å². The molecule has 2 unspecified atom stereocenters. The second kappa shape index (κ2) is 9.97. The number of rotatable bonds is 8. The third-order valence-electron chi connectivity index (χ3n) is 6.02. The van der Waals surface area contributed by atoms with Crippen LogP contribution in [0, 0.1) is 5.82 Å². The summed E-state index contributed by atoms with van der Waals surface area (Å²) in [5, 5.41) is 5.10. The second-order valence-corrected chi connectivity index (χ2v) is 9.12. The number of carbonyl (C=O) groups is 2. The average Bonchev–Trinajstić information content (AvgIpc) is 3.54. The van der Waals surface area contributed by atoms with E-state index in [1.54, 1.807) is 24.3 Å². The lowest BCUT2D eigenvalue weighted by atomic mass is 9.93. The van der Waals surface area contributed by atoms with Crippen LogP contribution in [0.3, 0.4) is 0 Å². The number of hydrogen-bond acceptors (Lipinski definition) is 5. The Labute approximate surface area is 209 Å². The molecule has 2 aromatic rings. The Morgan fingerprint density at radius 2 is 1.97 bits per heavy atom. The summed E-state index contributed by atoms with van der Waals surface area (Å²) in [6.07, 6.45) is -7.27. The van der Waals surface area contributed by atoms with Gasteiger partial charge in [-0.15, -0.1) is 0 Å². The molecule has 2 heterocycles. The summed E-state index contributed by atoms with van der Waals surface area (Å²) < 4.78 is 68.3. The molecule has 12 heteroatoms. The van der Waals surface area contributed by atoms with Crippen LogP contribution in [0.15, 0.2) is 36.4 Å². The number of epoxide rings is 1. The van der Waals surface area contributed by atoms with E-state index < -0.39 is 48.1 Å². The van der Waals surface area contributed by atoms with Crippen molar-refractivity contribution in [1.29, 1.82) is 0 Å². The quantitative estimate of drug-likeness (QED) is 0.394. The summed E-state index contributed by atoms with van der Waals surface area (Å²) in [5.74, 6) is -2.74. The van der Waals surface area contributed by atoms with Gasteiger partial charge in [-0.3, -0.25) is 9.59 Å². The van der Waals surface area contributed by atoms with Crippen molar-refractivity contribution < 1.29 is 41.4 Å². The summed E-state index contributed by atoms with van der Waals surface area (Å²) in [4.78, 5) is 24.5. The smallest absolute Gasteiger partial charge is 0.375 e. The lowest BCUT2D eigenvalue weighted by Crippen LogP contribution is -2.70. The number of amides is 2. The summed E-state index contributed by atoms with van der Waals surface area (Å²) in [5.41, 5.74) is 0.351. The summed E-state index contributed by atoms with van der Waals surface area (Å²) in [7, 11) is 1.51. The minimum atomic E-state index is -4.72. The largest absolute Gasteiger partial charge is 0.397 e. The topological polar surface area (TPSA) is 89.2 Å². The van der Waals surface area contributed by atoms with Gasteiger partial charge in [0.25, 0.3) is 5.91 Å². The van der Waals surface area contributed by atoms with E-state index in [0.717, 1.165) is 0 Å². The van der Waals surface area contributed by atoms with Crippen molar-refractivity contribution >= 4 is 23.4 Å². The number of carbonyl (C=O) groups excluding carboxylic acids is 2. The number of nitrogens with one attached hydrogen (secondary N) is 2. The minimum Gasteiger partial charge on any atom is -0.375 e. The van der Waals surface area contributed by atoms with Gasteiger partial charge in [0.15, 0.2) is 11.8 Å². The Bertz CT molecular complexity index is 1170. The number of methoxy groups -OCH3 is 1. The van der Waals surface area contributed by atoms with Crippen molar-refractivity contribution in [3.8, 4) is 11.1 Å². The molecule has 4 rings (SSSR count). The van der Waals surface area contributed by atoms with Crippen LogP contribution in [-0.4, -0.2) is 50.1 Å². The number of benzene rings is 2. The van der Waals surface area contributed by atoms with E-state index in [0.29, 0.717) is 21.7 Å². The summed E-state index contributed by atoms with van der Waals surface area (Å²) in [6, 6.07) is 8.80. The van der Waals surface area contributed by atoms with Gasteiger partial charge in [0.05, 0.1) is 19.3 Å². The van der Waals surface area contributed by atoms with Crippen LogP contribution in [0.5, 0.6) is 0 Å². The van der Waals surface area contributed by atoms with Gasteiger partial charge in [0.2, 0.25) is 5.91 Å². The first-order valence-electron chi connectivity index (χ1n) is 11.0. The Morgan fingerprint density at radius 1 is 1.25 bits per heavy atom. The molecule has 3 atom stereocenters. The molecule has 2 N–H and O–H groups in total. The highest BCUT2D eigenvalue weighted by atomic mass is 35.5. The molecular weight excluding hydrogens is 508 g/mol. The van der Waals surface area contributed by atoms with Crippen molar-refractivity contribution in [3.05, 3.63) is 58.4 Å². The van der Waals surface area contributed by atoms with Crippen molar-refractivity contribution in [3.63, 3.8) is 0 Å². The Kier molecular flexibility index (Phi) is 7.29. The van der Waals surface area contributed by atoms with Crippen molar-refractivity contribution in [2.24, 2.45) is 0 Å². The first-order valence-corrected chi connectivity index (χ1v) is 11.3. The van der Waals surface area contributed by atoms with Crippen molar-refractivity contribution in [1.82, 2.24) is 10.6 Å². The molecule has 0 spiro atoms. The molecule has 0 bridgehead atoms. The third kappa shape index (κ3) is 5.49. The highest BCUT2D eigenvalue weighted by Crippen LogP contribution is 2.46. The van der Waals surface area contributed by atoms with E-state index in [1.165, 1.54) is 26.2 Å². The lowest BCUT2D eigenvalue weighted by Gasteiger charge is -2.41. The van der Waals surface area contributed by atoms with Crippen LogP contribution in [0.2, 0.25) is 5.02 Å². The van der Waals surface area contributed by atoms with Gasteiger partial charge >= 0.3 is 6.18 Å². The molecule has 2 aliphatic heterocycles. The monoisotopic (exact) mass is 530 g/mol. The standard InChI is InChI=1S/C24H23ClF4N2O5/c1-12(30-22(33)23(10-35-11-23)31-18(32)9-24(27,28)29)14-7-6-13(8-17(14)26)15-4-3-5-16(25)19(15)20-21(34-2)36-20/h3-8,12,20-21H,9-11H2,1-2H3,(H,30,33)(H,31,32)/t12-,20?,21?/m1/s1. The maximum absolute atomic E-state index is 15.2. The molecule has 0 radical (unpaired) electrons. The van der Waals surface area contributed by atoms with E-state index in [-0.39, 0.29) is 24.9 Å². The van der Waals surface area contributed by atoms with Gasteiger partial charge in [-0.2, -0.15) is 13.2 Å². The Hall–Kier alpha value is -2.73. The first-order chi connectivity index (χ1) is 16.9. The fraction of sp³-hybridized carbons (Fsp3) is 0.417. The van der Waals surface area contributed by atoms with Crippen molar-refractivity contribution in [2.75, 3.05) is 20.3 Å². The van der Waals surface area contributed by atoms with Crippen LogP contribution >= 0.6 is 11.6 Å². The van der Waals surface area contributed by atoms with Gasteiger partial charge in [-0.1, -0.05) is 35.9 Å². The van der Waals surface area contributed by atoms with E-state index in [1.807, 2.05) is 0 Å². The predicted molar refractivity (Wildman–Crippen MR) is 120 cm³/mol. The fourth-order valence-electron chi connectivity index (χ4n) is 4.08. The van der Waals surface area contributed by atoms with Gasteiger partial charge in [-0.25, -0.2) is 4.39 Å². The zero-order valence-corrected chi connectivity index (χ0v) is 20.0. The number of hydrogen-bond donors (Lipinski definition) is 2. The van der Waals surface area contributed by atoms with E-state index in [2.05, 4.69) is 10.6 Å². The zero-order chi connectivity index (χ0) is 26.3. The van der Waals surface area contributed by atoms with Gasteiger partial charge in [0.1, 0.15) is 18.3 Å². The summed E-state index contributed by atoms with van der Waals surface area (Å²) >= 11 is 6.37. The maximum Gasteiger partial charge on any atom is 0.397 e. The highest BCUT2D eigenvalue weighted by molar-refractivity contribution is 6.31. The first kappa shape index (κ1) is 26.3. The number of ether oxygens (including phenoxy) is 3. The van der Waals surface area contributed by atoms with Gasteiger partial charge < -0.3 is 24.8 Å². The molecule has 7 nitrogen and oxygen atoms in total. The van der Waals surface area contributed by atoms with Gasteiger partial charge in [0, 0.05) is 23.3 Å². The summed E-state index contributed by atoms with van der Waals surface area (Å²) in [6.45, 7) is 0.937. The maximum atomic E-state index is 15.2. The Morgan fingerprint density at radius 3 is 2.53 bits per heavy atom. The Balaban J connectivity index is 1.49. The van der Waals surface area contributed by atoms with Crippen LogP contribution in [-0.2, 0) is 23.8 Å². The predicted octanol–water partition coefficient (Wildman–Crippen LogP) is 4.20. The third-order valence-corrected chi connectivity index (χ3v) is 6.35. The minimum absolute atomic E-state index is 0.144. The van der Waals surface area contributed by atoms with Crippen LogP contribution < -0.4 is 10.6 Å². The van der Waals surface area contributed by atoms with E-state index in [9.17, 15) is 22.8 Å². The molecule has 2 saturated heterocycles. The molecule has 2 aromatic carbocycles. The molecular formula is C24H23ClF4N2O5. The molecule has 36 heavy (non-hydrogen) atoms. The fourth-order valence-corrected chi connectivity index (χ4v) is 4.36. The number of alkyl halides is 3. The molecule has 2 amide bonds. The molecule has 0 aromatic heterocycles. The average molecular weight is 531 g/mol. The normalized spacial score (nSPS) is 21.3. The van der Waals surface area contributed by atoms with E-state index in [4.69, 9.17) is 25.8 Å². The second-order valence-electron chi connectivity index (χ2n) is 8.71. The van der Waals surface area contributed by atoms with Crippen LogP contribution in [0.4, 0.5) is 17.6 Å². The zero-order valence-electron chi connectivity index (χ0n) is 19.2. The van der Waals surface area contributed by atoms with Crippen LogP contribution in [0.25, 0.3) is 11.1 Å². The molecule has 2 fully saturated rings. The van der Waals surface area contributed by atoms with Crippen molar-refractivity contribution in [2.45, 2.75) is 43.5 Å². The molecule has 2 aliphatic rings. The molecule has 194 valence electrons.